The molecule has 0 aliphatic heterocycles. The SMILES string of the molecule is O=Nc1cccc(-n2c3ccccc3c3cc(-c4ccc(-n5c6ccccc6c6cc(-c7ccc8c(c7)c7ccccc7n8-c7cccc(N=O)c7)ccc65)cc4)ccc32)c1. The van der Waals surface area contributed by atoms with Gasteiger partial charge in [-0.3, -0.25) is 0 Å². The Hall–Kier alpha value is -8.42. The van der Waals surface area contributed by atoms with Crippen molar-refractivity contribution in [3.63, 3.8) is 0 Å². The van der Waals surface area contributed by atoms with E-state index in [9.17, 15) is 9.81 Å². The zero-order chi connectivity index (χ0) is 40.6. The monoisotopic (exact) mass is 783 g/mol. The molecule has 7 nitrogen and oxygen atoms in total. The standard InChI is InChI=1S/C54H33N5O2/c60-55-38-9-7-11-41(32-38)58-50-17-5-2-14-44(50)46-29-35(21-26-53(46)58)34-19-24-40(25-20-34)57-49-16-4-1-13-43(49)47-30-36(22-27-52(47)57)37-23-28-54-48(31-37)45-15-3-6-18-51(45)59(54)42-12-8-10-39(33-42)56-61/h1-33H. The molecule has 0 unspecified atom stereocenters. The van der Waals surface area contributed by atoms with Crippen LogP contribution in [0.1, 0.15) is 0 Å². The van der Waals surface area contributed by atoms with Crippen LogP contribution < -0.4 is 0 Å². The van der Waals surface area contributed by atoms with Crippen molar-refractivity contribution in [1.82, 2.24) is 13.7 Å². The quantitative estimate of drug-likeness (QED) is 0.151. The minimum atomic E-state index is 0.403. The maximum Gasteiger partial charge on any atom is 0.110 e. The molecular formula is C54H33N5O2. The lowest BCUT2D eigenvalue weighted by Gasteiger charge is -2.11. The highest BCUT2D eigenvalue weighted by Crippen LogP contribution is 2.40. The molecule has 9 aromatic carbocycles. The van der Waals surface area contributed by atoms with Crippen LogP contribution in [-0.2, 0) is 0 Å². The number of nitroso groups, excluding NO2 is 2. The van der Waals surface area contributed by atoms with Crippen molar-refractivity contribution in [2.24, 2.45) is 10.4 Å². The van der Waals surface area contributed by atoms with Crippen LogP contribution in [0.2, 0.25) is 0 Å². The highest BCUT2D eigenvalue weighted by atomic mass is 16.3. The van der Waals surface area contributed by atoms with Crippen molar-refractivity contribution < 1.29 is 0 Å². The molecule has 0 N–H and O–H groups in total. The van der Waals surface area contributed by atoms with Crippen LogP contribution in [-0.4, -0.2) is 13.7 Å². The van der Waals surface area contributed by atoms with Gasteiger partial charge in [0, 0.05) is 49.4 Å². The summed E-state index contributed by atoms with van der Waals surface area (Å²) in [6, 6.07) is 69.2. The number of benzene rings is 9. The van der Waals surface area contributed by atoms with Gasteiger partial charge in [-0.2, -0.15) is 0 Å². The molecule has 12 rings (SSSR count). The molecule has 0 aliphatic carbocycles. The number of rotatable bonds is 7. The van der Waals surface area contributed by atoms with Gasteiger partial charge in [0.05, 0.1) is 33.1 Å². The Labute approximate surface area is 348 Å². The molecular weight excluding hydrogens is 751 g/mol. The molecule has 7 heteroatoms. The number of hydrogen-bond acceptors (Lipinski definition) is 4. The number of hydrogen-bond donors (Lipinski definition) is 0. The first kappa shape index (κ1) is 34.6. The van der Waals surface area contributed by atoms with Crippen LogP contribution >= 0.6 is 0 Å². The number of aromatic nitrogens is 3. The largest absolute Gasteiger partial charge is 0.309 e. The van der Waals surface area contributed by atoms with E-state index in [-0.39, 0.29) is 0 Å². The fourth-order valence-corrected chi connectivity index (χ4v) is 9.47. The summed E-state index contributed by atoms with van der Waals surface area (Å²) in [5.41, 5.74) is 14.8. The average Bonchev–Trinajstić information content (AvgIpc) is 3.96. The first-order chi connectivity index (χ1) is 30.1. The molecule has 0 saturated carbocycles. The Morgan fingerprint density at radius 2 is 0.607 bits per heavy atom. The van der Waals surface area contributed by atoms with Gasteiger partial charge in [-0.1, -0.05) is 97.1 Å². The van der Waals surface area contributed by atoms with Gasteiger partial charge in [0.2, 0.25) is 0 Å². The minimum absolute atomic E-state index is 0.403. The molecule has 3 aromatic heterocycles. The summed E-state index contributed by atoms with van der Waals surface area (Å²) in [4.78, 5) is 22.8. The fourth-order valence-electron chi connectivity index (χ4n) is 9.47. The normalized spacial score (nSPS) is 11.7. The Kier molecular flexibility index (Phi) is 7.70. The molecule has 3 heterocycles. The van der Waals surface area contributed by atoms with Crippen molar-refractivity contribution in [3.8, 4) is 39.3 Å². The van der Waals surface area contributed by atoms with E-state index < -0.39 is 0 Å². The van der Waals surface area contributed by atoms with Crippen molar-refractivity contribution in [1.29, 1.82) is 0 Å². The molecule has 0 fully saturated rings. The van der Waals surface area contributed by atoms with E-state index in [2.05, 4.69) is 170 Å². The zero-order valence-corrected chi connectivity index (χ0v) is 32.6. The van der Waals surface area contributed by atoms with Gasteiger partial charge in [0.15, 0.2) is 0 Å². The lowest BCUT2D eigenvalue weighted by atomic mass is 10.0. The van der Waals surface area contributed by atoms with Crippen molar-refractivity contribution >= 4 is 76.8 Å². The average molecular weight is 784 g/mol. The maximum absolute atomic E-state index is 11.4. The molecule has 0 spiro atoms. The van der Waals surface area contributed by atoms with Crippen LogP contribution in [0, 0.1) is 9.81 Å². The number of para-hydroxylation sites is 3. The second-order valence-electron chi connectivity index (χ2n) is 15.5. The summed E-state index contributed by atoms with van der Waals surface area (Å²) in [5, 5.41) is 13.4. The summed E-state index contributed by atoms with van der Waals surface area (Å²) in [6.45, 7) is 0. The maximum atomic E-state index is 11.4. The topological polar surface area (TPSA) is 73.7 Å². The number of fused-ring (bicyclic) bond motifs is 9. The predicted molar refractivity (Wildman–Crippen MR) is 251 cm³/mol. The Balaban J connectivity index is 0.938. The van der Waals surface area contributed by atoms with Gasteiger partial charge in [-0.05, 0) is 136 Å². The molecule has 0 saturated heterocycles. The van der Waals surface area contributed by atoms with Gasteiger partial charge >= 0.3 is 0 Å². The molecule has 0 bridgehead atoms. The van der Waals surface area contributed by atoms with Crippen LogP contribution in [0.25, 0.3) is 105 Å². The van der Waals surface area contributed by atoms with E-state index in [4.69, 9.17) is 0 Å². The first-order valence-electron chi connectivity index (χ1n) is 20.2. The van der Waals surface area contributed by atoms with E-state index in [1.54, 1.807) is 12.1 Å². The van der Waals surface area contributed by atoms with Gasteiger partial charge in [-0.25, -0.2) is 0 Å². The van der Waals surface area contributed by atoms with E-state index >= 15 is 0 Å². The number of nitrogens with zero attached hydrogens (tertiary/aromatic N) is 5. The molecule has 0 amide bonds. The Morgan fingerprint density at radius 3 is 1.02 bits per heavy atom. The third-order valence-corrected chi connectivity index (χ3v) is 12.2. The lowest BCUT2D eigenvalue weighted by molar-refractivity contribution is 1.18. The van der Waals surface area contributed by atoms with E-state index in [1.165, 1.54) is 10.8 Å². The second kappa shape index (κ2) is 13.6. The first-order valence-corrected chi connectivity index (χ1v) is 20.2. The molecule has 286 valence electrons. The third kappa shape index (κ3) is 5.38. The summed E-state index contributed by atoms with van der Waals surface area (Å²) >= 11 is 0. The minimum Gasteiger partial charge on any atom is -0.309 e. The summed E-state index contributed by atoms with van der Waals surface area (Å²) in [5.74, 6) is 0. The molecule has 61 heavy (non-hydrogen) atoms. The van der Waals surface area contributed by atoms with Gasteiger partial charge in [0.1, 0.15) is 11.4 Å². The summed E-state index contributed by atoms with van der Waals surface area (Å²) < 4.78 is 6.77. The lowest BCUT2D eigenvalue weighted by Crippen LogP contribution is -1.94. The molecule has 0 atom stereocenters. The Morgan fingerprint density at radius 1 is 0.262 bits per heavy atom. The zero-order valence-electron chi connectivity index (χ0n) is 32.6. The summed E-state index contributed by atoms with van der Waals surface area (Å²) in [7, 11) is 0. The van der Waals surface area contributed by atoms with Crippen LogP contribution in [0.15, 0.2) is 211 Å². The van der Waals surface area contributed by atoms with Crippen molar-refractivity contribution in [2.45, 2.75) is 0 Å². The summed E-state index contributed by atoms with van der Waals surface area (Å²) in [6.07, 6.45) is 0. The highest BCUT2D eigenvalue weighted by Gasteiger charge is 2.18. The molecule has 0 radical (unpaired) electrons. The van der Waals surface area contributed by atoms with E-state index in [0.29, 0.717) is 11.4 Å². The third-order valence-electron chi connectivity index (χ3n) is 12.2. The predicted octanol–water partition coefficient (Wildman–Crippen LogP) is 15.1. The highest BCUT2D eigenvalue weighted by molar-refractivity contribution is 6.13. The molecule has 0 aliphatic rings. The smallest absolute Gasteiger partial charge is 0.110 e. The van der Waals surface area contributed by atoms with E-state index in [1.807, 2.05) is 42.5 Å². The van der Waals surface area contributed by atoms with Crippen molar-refractivity contribution in [2.75, 3.05) is 0 Å². The van der Waals surface area contributed by atoms with Crippen LogP contribution in [0.5, 0.6) is 0 Å². The van der Waals surface area contributed by atoms with Gasteiger partial charge < -0.3 is 13.7 Å². The van der Waals surface area contributed by atoms with Crippen LogP contribution in [0.3, 0.4) is 0 Å². The molecule has 12 aromatic rings. The van der Waals surface area contributed by atoms with Crippen LogP contribution in [0.4, 0.5) is 11.4 Å². The van der Waals surface area contributed by atoms with Crippen molar-refractivity contribution in [3.05, 3.63) is 210 Å². The van der Waals surface area contributed by atoms with E-state index in [0.717, 1.165) is 94.0 Å². The van der Waals surface area contributed by atoms with Gasteiger partial charge in [-0.15, -0.1) is 9.81 Å². The Bertz CT molecular complexity index is 3760. The van der Waals surface area contributed by atoms with Gasteiger partial charge in [0.25, 0.3) is 0 Å². The fraction of sp³-hybridized carbons (Fsp3) is 0. The second-order valence-corrected chi connectivity index (χ2v) is 15.5.